The standard InChI is InChI=1S/C26H26N2O3/c1-18-8-6-7-11-23(18)27-26(30)22-16-17-24(29)28(20-12-14-21(31-2)15-13-20)25(22)19-9-4-3-5-10-19/h3-15,22,25H,16-17H2,1-2H3,(H,27,30)/t22-,25+/m1/s1. The fourth-order valence-corrected chi connectivity index (χ4v) is 4.18. The summed E-state index contributed by atoms with van der Waals surface area (Å²) in [4.78, 5) is 28.3. The van der Waals surface area contributed by atoms with Crippen molar-refractivity contribution in [2.75, 3.05) is 17.3 Å². The third-order valence-corrected chi connectivity index (χ3v) is 5.83. The SMILES string of the molecule is COc1ccc(N2C(=O)CC[C@@H](C(=O)Nc3ccccc3C)[C@@H]2c2ccccc2)cc1. The van der Waals surface area contributed by atoms with E-state index < -0.39 is 0 Å². The average Bonchev–Trinajstić information content (AvgIpc) is 2.81. The first-order chi connectivity index (χ1) is 15.1. The summed E-state index contributed by atoms with van der Waals surface area (Å²) < 4.78 is 5.26. The molecule has 0 bridgehead atoms. The molecular formula is C26H26N2O3. The average molecular weight is 415 g/mol. The first kappa shape index (κ1) is 20.7. The molecule has 31 heavy (non-hydrogen) atoms. The number of anilines is 2. The second kappa shape index (κ2) is 9.04. The van der Waals surface area contributed by atoms with E-state index in [4.69, 9.17) is 4.74 Å². The van der Waals surface area contributed by atoms with Crippen molar-refractivity contribution in [3.63, 3.8) is 0 Å². The number of carbonyl (C=O) groups is 2. The monoisotopic (exact) mass is 414 g/mol. The van der Waals surface area contributed by atoms with Gasteiger partial charge in [0, 0.05) is 17.8 Å². The minimum atomic E-state index is -0.389. The molecular weight excluding hydrogens is 388 g/mol. The van der Waals surface area contributed by atoms with Crippen LogP contribution in [0.25, 0.3) is 0 Å². The van der Waals surface area contributed by atoms with Gasteiger partial charge in [-0.1, -0.05) is 48.5 Å². The number of ether oxygens (including phenoxy) is 1. The molecule has 1 N–H and O–H groups in total. The van der Waals surface area contributed by atoms with Crippen molar-refractivity contribution in [2.24, 2.45) is 5.92 Å². The maximum atomic E-state index is 13.4. The van der Waals surface area contributed by atoms with Gasteiger partial charge in [0.1, 0.15) is 5.75 Å². The number of piperidine rings is 1. The summed E-state index contributed by atoms with van der Waals surface area (Å²) in [6, 6.07) is 24.5. The Morgan fingerprint density at radius 2 is 1.65 bits per heavy atom. The lowest BCUT2D eigenvalue weighted by atomic mass is 9.83. The van der Waals surface area contributed by atoms with Crippen LogP contribution in [0.5, 0.6) is 5.75 Å². The molecule has 1 aliphatic rings. The highest BCUT2D eigenvalue weighted by Crippen LogP contribution is 2.41. The summed E-state index contributed by atoms with van der Waals surface area (Å²) in [5, 5.41) is 3.09. The summed E-state index contributed by atoms with van der Waals surface area (Å²) in [6.45, 7) is 1.97. The molecule has 2 atom stereocenters. The van der Waals surface area contributed by atoms with Crippen LogP contribution < -0.4 is 15.0 Å². The van der Waals surface area contributed by atoms with Crippen LogP contribution in [-0.4, -0.2) is 18.9 Å². The predicted molar refractivity (Wildman–Crippen MR) is 122 cm³/mol. The Hall–Kier alpha value is -3.60. The maximum Gasteiger partial charge on any atom is 0.229 e. The van der Waals surface area contributed by atoms with Gasteiger partial charge in [-0.25, -0.2) is 0 Å². The number of amides is 2. The molecule has 1 fully saturated rings. The Morgan fingerprint density at radius 1 is 0.968 bits per heavy atom. The van der Waals surface area contributed by atoms with Crippen LogP contribution in [0.2, 0.25) is 0 Å². The molecule has 158 valence electrons. The number of benzene rings is 3. The highest BCUT2D eigenvalue weighted by molar-refractivity contribution is 6.00. The van der Waals surface area contributed by atoms with E-state index in [1.54, 1.807) is 12.0 Å². The van der Waals surface area contributed by atoms with E-state index in [0.29, 0.717) is 12.8 Å². The topological polar surface area (TPSA) is 58.6 Å². The zero-order chi connectivity index (χ0) is 21.8. The van der Waals surface area contributed by atoms with Gasteiger partial charge in [-0.05, 0) is 54.8 Å². The molecule has 1 saturated heterocycles. The van der Waals surface area contributed by atoms with Crippen molar-refractivity contribution in [1.82, 2.24) is 0 Å². The van der Waals surface area contributed by atoms with Crippen molar-refractivity contribution in [1.29, 1.82) is 0 Å². The van der Waals surface area contributed by atoms with Crippen LogP contribution in [0.4, 0.5) is 11.4 Å². The number of aryl methyl sites for hydroxylation is 1. The molecule has 5 heteroatoms. The van der Waals surface area contributed by atoms with Crippen LogP contribution in [0.15, 0.2) is 78.9 Å². The first-order valence-corrected chi connectivity index (χ1v) is 10.5. The molecule has 4 rings (SSSR count). The van der Waals surface area contributed by atoms with Gasteiger partial charge < -0.3 is 15.0 Å². The van der Waals surface area contributed by atoms with E-state index in [1.165, 1.54) is 0 Å². The Bertz CT molecular complexity index is 1060. The number of carbonyl (C=O) groups excluding carboxylic acids is 2. The fourth-order valence-electron chi connectivity index (χ4n) is 4.18. The van der Waals surface area contributed by atoms with Gasteiger partial charge in [0.2, 0.25) is 11.8 Å². The molecule has 0 spiro atoms. The van der Waals surface area contributed by atoms with Crippen molar-refractivity contribution in [3.8, 4) is 5.75 Å². The lowest BCUT2D eigenvalue weighted by molar-refractivity contribution is -0.125. The van der Waals surface area contributed by atoms with E-state index in [1.807, 2.05) is 85.8 Å². The lowest BCUT2D eigenvalue weighted by Gasteiger charge is -2.41. The van der Waals surface area contributed by atoms with Gasteiger partial charge in [0.05, 0.1) is 19.1 Å². The summed E-state index contributed by atoms with van der Waals surface area (Å²) in [7, 11) is 1.61. The molecule has 0 radical (unpaired) electrons. The number of hydrogen-bond donors (Lipinski definition) is 1. The summed E-state index contributed by atoms with van der Waals surface area (Å²) in [5.74, 6) is 0.285. The lowest BCUT2D eigenvalue weighted by Crippen LogP contribution is -2.47. The number of methoxy groups -OCH3 is 1. The largest absolute Gasteiger partial charge is 0.497 e. The van der Waals surface area contributed by atoms with Gasteiger partial charge >= 0.3 is 0 Å². The smallest absolute Gasteiger partial charge is 0.229 e. The second-order valence-electron chi connectivity index (χ2n) is 7.77. The Kier molecular flexibility index (Phi) is 6.03. The highest BCUT2D eigenvalue weighted by Gasteiger charge is 2.41. The molecule has 3 aromatic carbocycles. The Morgan fingerprint density at radius 3 is 2.32 bits per heavy atom. The highest BCUT2D eigenvalue weighted by atomic mass is 16.5. The molecule has 0 unspecified atom stereocenters. The third-order valence-electron chi connectivity index (χ3n) is 5.83. The number of para-hydroxylation sites is 1. The quantitative estimate of drug-likeness (QED) is 0.630. The van der Waals surface area contributed by atoms with Crippen molar-refractivity contribution in [3.05, 3.63) is 90.0 Å². The Balaban J connectivity index is 1.72. The molecule has 5 nitrogen and oxygen atoms in total. The molecule has 1 aliphatic heterocycles. The van der Waals surface area contributed by atoms with Crippen molar-refractivity contribution >= 4 is 23.2 Å². The van der Waals surface area contributed by atoms with Crippen LogP contribution in [0.1, 0.15) is 30.0 Å². The number of nitrogens with one attached hydrogen (secondary N) is 1. The Labute approximate surface area is 182 Å². The molecule has 0 aliphatic carbocycles. The van der Waals surface area contributed by atoms with Crippen LogP contribution in [0, 0.1) is 12.8 Å². The predicted octanol–water partition coefficient (Wildman–Crippen LogP) is 5.13. The van der Waals surface area contributed by atoms with Crippen LogP contribution >= 0.6 is 0 Å². The number of hydrogen-bond acceptors (Lipinski definition) is 3. The normalized spacial score (nSPS) is 18.5. The van der Waals surface area contributed by atoms with Gasteiger partial charge in [-0.3, -0.25) is 9.59 Å². The number of rotatable bonds is 5. The number of nitrogens with zero attached hydrogens (tertiary/aromatic N) is 1. The zero-order valence-corrected chi connectivity index (χ0v) is 17.7. The fraction of sp³-hybridized carbons (Fsp3) is 0.231. The van der Waals surface area contributed by atoms with E-state index in [0.717, 1.165) is 28.3 Å². The van der Waals surface area contributed by atoms with Crippen molar-refractivity contribution < 1.29 is 14.3 Å². The van der Waals surface area contributed by atoms with Crippen LogP contribution in [0.3, 0.4) is 0 Å². The van der Waals surface area contributed by atoms with E-state index in [2.05, 4.69) is 5.32 Å². The molecule has 0 aromatic heterocycles. The van der Waals surface area contributed by atoms with Crippen molar-refractivity contribution in [2.45, 2.75) is 25.8 Å². The minimum Gasteiger partial charge on any atom is -0.497 e. The van der Waals surface area contributed by atoms with E-state index in [9.17, 15) is 9.59 Å². The molecule has 3 aromatic rings. The third kappa shape index (κ3) is 4.31. The van der Waals surface area contributed by atoms with Gasteiger partial charge in [0.25, 0.3) is 0 Å². The first-order valence-electron chi connectivity index (χ1n) is 10.5. The summed E-state index contributed by atoms with van der Waals surface area (Å²) in [6.07, 6.45) is 0.823. The summed E-state index contributed by atoms with van der Waals surface area (Å²) >= 11 is 0. The van der Waals surface area contributed by atoms with E-state index >= 15 is 0 Å². The second-order valence-corrected chi connectivity index (χ2v) is 7.77. The maximum absolute atomic E-state index is 13.4. The van der Waals surface area contributed by atoms with Crippen LogP contribution in [-0.2, 0) is 9.59 Å². The van der Waals surface area contributed by atoms with Gasteiger partial charge in [0.15, 0.2) is 0 Å². The molecule has 1 heterocycles. The minimum absolute atomic E-state index is 0.0129. The summed E-state index contributed by atoms with van der Waals surface area (Å²) in [5.41, 5.74) is 3.50. The van der Waals surface area contributed by atoms with Gasteiger partial charge in [-0.15, -0.1) is 0 Å². The van der Waals surface area contributed by atoms with Gasteiger partial charge in [-0.2, -0.15) is 0 Å². The molecule has 2 amide bonds. The zero-order valence-electron chi connectivity index (χ0n) is 17.7. The molecule has 0 saturated carbocycles. The van der Waals surface area contributed by atoms with E-state index in [-0.39, 0.29) is 23.8 Å².